The maximum atomic E-state index is 14.1. The van der Waals surface area contributed by atoms with Crippen molar-refractivity contribution in [2.45, 2.75) is 57.4 Å². The van der Waals surface area contributed by atoms with Gasteiger partial charge in [0.25, 0.3) is 10.0 Å². The molecule has 226 valence electrons. The number of carbonyl (C=O) groups is 2. The Morgan fingerprint density at radius 3 is 2.29 bits per heavy atom. The molecule has 1 N–H and O–H groups in total. The van der Waals surface area contributed by atoms with Crippen LogP contribution >= 0.6 is 11.6 Å². The van der Waals surface area contributed by atoms with E-state index in [1.807, 2.05) is 51.1 Å². The molecule has 3 aromatic carbocycles. The predicted octanol–water partition coefficient (Wildman–Crippen LogP) is 5.62. The fourth-order valence-corrected chi connectivity index (χ4v) is 6.24. The molecule has 0 aliphatic heterocycles. The van der Waals surface area contributed by atoms with Gasteiger partial charge in [0.05, 0.1) is 22.7 Å². The van der Waals surface area contributed by atoms with Crippen LogP contribution in [0.15, 0.2) is 77.7 Å². The number of ether oxygens (including phenoxy) is 1. The lowest BCUT2D eigenvalue weighted by atomic mass is 10.1. The number of halogens is 1. The molecule has 1 atom stereocenters. The first-order valence-corrected chi connectivity index (χ1v) is 16.0. The van der Waals surface area contributed by atoms with Crippen LogP contribution < -0.4 is 14.4 Å². The summed E-state index contributed by atoms with van der Waals surface area (Å²) in [6.45, 7) is 5.97. The van der Waals surface area contributed by atoms with Gasteiger partial charge in [0.1, 0.15) is 18.3 Å². The molecule has 0 saturated heterocycles. The molecule has 42 heavy (non-hydrogen) atoms. The van der Waals surface area contributed by atoms with Gasteiger partial charge in [-0.05, 0) is 62.1 Å². The zero-order valence-corrected chi connectivity index (χ0v) is 26.2. The highest BCUT2D eigenvalue weighted by atomic mass is 35.5. The van der Waals surface area contributed by atoms with Gasteiger partial charge in [-0.25, -0.2) is 8.42 Å². The van der Waals surface area contributed by atoms with Crippen molar-refractivity contribution in [1.29, 1.82) is 0 Å². The third-order valence-corrected chi connectivity index (χ3v) is 9.09. The molecule has 0 bridgehead atoms. The summed E-state index contributed by atoms with van der Waals surface area (Å²) >= 11 is 6.39. The highest BCUT2D eigenvalue weighted by molar-refractivity contribution is 7.92. The van der Waals surface area contributed by atoms with E-state index in [0.717, 1.165) is 28.3 Å². The standard InChI is InChI=1S/C32H40ClN3O5S/c1-5-7-20-34-32(38)29(6-2)35(21-19-25-11-9-8-10-12-25)31(37)23-36(26-15-18-30(41-4)28(33)22-26)42(39,40)27-16-13-24(3)14-17-27/h8-18,22,29H,5-7,19-21,23H2,1-4H3,(H,34,38)/t29-/m0/s1. The molecule has 0 spiro atoms. The zero-order chi connectivity index (χ0) is 30.7. The summed E-state index contributed by atoms with van der Waals surface area (Å²) in [5.41, 5.74) is 2.11. The van der Waals surface area contributed by atoms with E-state index in [0.29, 0.717) is 25.1 Å². The topological polar surface area (TPSA) is 96.0 Å². The second-order valence-corrected chi connectivity index (χ2v) is 12.3. The summed E-state index contributed by atoms with van der Waals surface area (Å²) in [6, 6.07) is 19.9. The lowest BCUT2D eigenvalue weighted by Crippen LogP contribution is -2.53. The molecule has 3 aromatic rings. The number of amides is 2. The molecule has 0 heterocycles. The van der Waals surface area contributed by atoms with Crippen molar-refractivity contribution < 1.29 is 22.7 Å². The number of aryl methyl sites for hydroxylation is 1. The molecular formula is C32H40ClN3O5S. The molecular weight excluding hydrogens is 574 g/mol. The van der Waals surface area contributed by atoms with Crippen LogP contribution in [-0.2, 0) is 26.0 Å². The number of rotatable bonds is 15. The van der Waals surface area contributed by atoms with E-state index >= 15 is 0 Å². The number of nitrogens with one attached hydrogen (secondary N) is 1. The number of nitrogens with zero attached hydrogens (tertiary/aromatic N) is 2. The van der Waals surface area contributed by atoms with Gasteiger partial charge >= 0.3 is 0 Å². The second-order valence-electron chi connectivity index (χ2n) is 10.0. The molecule has 0 radical (unpaired) electrons. The first kappa shape index (κ1) is 32.9. The van der Waals surface area contributed by atoms with Crippen LogP contribution in [0.1, 0.15) is 44.2 Å². The Labute approximate surface area is 254 Å². The Kier molecular flexibility index (Phi) is 12.2. The summed E-state index contributed by atoms with van der Waals surface area (Å²) in [4.78, 5) is 28.9. The van der Waals surface area contributed by atoms with Crippen molar-refractivity contribution in [2.75, 3.05) is 31.0 Å². The SMILES string of the molecule is CCCCNC(=O)[C@H](CC)N(CCc1ccccc1)C(=O)CN(c1ccc(OC)c(Cl)c1)S(=O)(=O)c1ccc(C)cc1. The smallest absolute Gasteiger partial charge is 0.264 e. The molecule has 0 fully saturated rings. The van der Waals surface area contributed by atoms with Crippen LogP contribution in [-0.4, -0.2) is 57.9 Å². The first-order valence-electron chi connectivity index (χ1n) is 14.2. The van der Waals surface area contributed by atoms with Crippen molar-refractivity contribution in [3.63, 3.8) is 0 Å². The van der Waals surface area contributed by atoms with Crippen molar-refractivity contribution in [3.8, 4) is 5.75 Å². The number of methoxy groups -OCH3 is 1. The minimum Gasteiger partial charge on any atom is -0.495 e. The van der Waals surface area contributed by atoms with Crippen LogP contribution in [0, 0.1) is 6.92 Å². The lowest BCUT2D eigenvalue weighted by Gasteiger charge is -2.33. The fourth-order valence-electron chi connectivity index (χ4n) is 4.58. The molecule has 2 amide bonds. The Morgan fingerprint density at radius 1 is 1.00 bits per heavy atom. The van der Waals surface area contributed by atoms with Crippen LogP contribution in [0.2, 0.25) is 5.02 Å². The molecule has 0 aliphatic rings. The van der Waals surface area contributed by atoms with E-state index in [4.69, 9.17) is 16.3 Å². The van der Waals surface area contributed by atoms with Gasteiger partial charge in [-0.3, -0.25) is 13.9 Å². The Balaban J connectivity index is 2.02. The number of unbranched alkanes of at least 4 members (excludes halogenated alkanes) is 1. The number of carbonyl (C=O) groups excluding carboxylic acids is 2. The third-order valence-electron chi connectivity index (χ3n) is 7.01. The van der Waals surface area contributed by atoms with E-state index in [2.05, 4.69) is 5.32 Å². The van der Waals surface area contributed by atoms with Crippen LogP contribution in [0.25, 0.3) is 0 Å². The number of anilines is 1. The highest BCUT2D eigenvalue weighted by Gasteiger charge is 2.33. The van der Waals surface area contributed by atoms with Gasteiger partial charge in [-0.1, -0.05) is 79.9 Å². The molecule has 0 unspecified atom stereocenters. The summed E-state index contributed by atoms with van der Waals surface area (Å²) in [5, 5.41) is 3.14. The van der Waals surface area contributed by atoms with E-state index < -0.39 is 28.5 Å². The fraction of sp³-hybridized carbons (Fsp3) is 0.375. The predicted molar refractivity (Wildman–Crippen MR) is 168 cm³/mol. The average Bonchev–Trinajstić information content (AvgIpc) is 2.98. The minimum atomic E-state index is -4.19. The van der Waals surface area contributed by atoms with E-state index in [1.165, 1.54) is 30.2 Å². The number of benzene rings is 3. The van der Waals surface area contributed by atoms with Gasteiger partial charge in [0.2, 0.25) is 11.8 Å². The summed E-state index contributed by atoms with van der Waals surface area (Å²) < 4.78 is 34.3. The van der Waals surface area contributed by atoms with Crippen LogP contribution in [0.4, 0.5) is 5.69 Å². The summed E-state index contributed by atoms with van der Waals surface area (Å²) in [7, 11) is -2.72. The van der Waals surface area contributed by atoms with Gasteiger partial charge in [-0.2, -0.15) is 0 Å². The van der Waals surface area contributed by atoms with E-state index in [1.54, 1.807) is 24.3 Å². The van der Waals surface area contributed by atoms with E-state index in [-0.39, 0.29) is 28.1 Å². The van der Waals surface area contributed by atoms with E-state index in [9.17, 15) is 18.0 Å². The van der Waals surface area contributed by atoms with Crippen molar-refractivity contribution >= 4 is 39.1 Å². The summed E-state index contributed by atoms with van der Waals surface area (Å²) in [6.07, 6.45) is 2.62. The van der Waals surface area contributed by atoms with Gasteiger partial charge < -0.3 is 15.0 Å². The zero-order valence-electron chi connectivity index (χ0n) is 24.7. The maximum absolute atomic E-state index is 14.1. The third kappa shape index (κ3) is 8.49. The van der Waals surface area contributed by atoms with Crippen molar-refractivity contribution in [1.82, 2.24) is 10.2 Å². The van der Waals surface area contributed by atoms with Gasteiger partial charge in [-0.15, -0.1) is 0 Å². The van der Waals surface area contributed by atoms with Crippen molar-refractivity contribution in [3.05, 3.63) is 88.9 Å². The highest BCUT2D eigenvalue weighted by Crippen LogP contribution is 2.32. The molecule has 0 aromatic heterocycles. The van der Waals surface area contributed by atoms with Crippen molar-refractivity contribution in [2.24, 2.45) is 0 Å². The molecule has 3 rings (SSSR count). The average molecular weight is 614 g/mol. The lowest BCUT2D eigenvalue weighted by molar-refractivity contribution is -0.139. The second kappa shape index (κ2) is 15.6. The minimum absolute atomic E-state index is 0.0352. The maximum Gasteiger partial charge on any atom is 0.264 e. The quantitative estimate of drug-likeness (QED) is 0.225. The van der Waals surface area contributed by atoms with Gasteiger partial charge in [0, 0.05) is 13.1 Å². The van der Waals surface area contributed by atoms with Crippen LogP contribution in [0.3, 0.4) is 0 Å². The first-order chi connectivity index (χ1) is 20.1. The Bertz CT molecular complexity index is 1430. The number of hydrogen-bond acceptors (Lipinski definition) is 5. The monoisotopic (exact) mass is 613 g/mol. The largest absolute Gasteiger partial charge is 0.495 e. The summed E-state index contributed by atoms with van der Waals surface area (Å²) in [5.74, 6) is -0.377. The molecule has 0 aliphatic carbocycles. The number of sulfonamides is 1. The van der Waals surface area contributed by atoms with Gasteiger partial charge in [0.15, 0.2) is 0 Å². The Morgan fingerprint density at radius 2 is 1.69 bits per heavy atom. The number of hydrogen-bond donors (Lipinski definition) is 1. The van der Waals surface area contributed by atoms with Crippen LogP contribution in [0.5, 0.6) is 5.75 Å². The Hall–Kier alpha value is -3.56. The molecule has 8 nitrogen and oxygen atoms in total. The molecule has 10 heteroatoms. The normalized spacial score (nSPS) is 11.9. The molecule has 0 saturated carbocycles.